The van der Waals surface area contributed by atoms with Crippen molar-refractivity contribution in [2.75, 3.05) is 5.73 Å². The fraction of sp³-hybridized carbons (Fsp3) is 0.192. The number of nitrogens with zero attached hydrogens (tertiary/aromatic N) is 8. The smallest absolute Gasteiger partial charge is 0.222 e. The van der Waals surface area contributed by atoms with Gasteiger partial charge in [0, 0.05) is 29.3 Å². The number of rotatable bonds is 8. The Morgan fingerprint density at radius 3 is 2.71 bits per heavy atom. The summed E-state index contributed by atoms with van der Waals surface area (Å²) in [4.78, 5) is 15.4. The van der Waals surface area contributed by atoms with E-state index in [9.17, 15) is 14.4 Å². The maximum atomic E-state index is 15.3. The van der Waals surface area contributed by atoms with Crippen LogP contribution in [0.5, 0.6) is 0 Å². The lowest BCUT2D eigenvalue weighted by molar-refractivity contribution is -0.615. The normalized spacial score (nSPS) is 17.0. The highest BCUT2D eigenvalue weighted by molar-refractivity contribution is 6.31. The van der Waals surface area contributed by atoms with Crippen molar-refractivity contribution in [3.05, 3.63) is 89.0 Å². The lowest BCUT2D eigenvalue weighted by Gasteiger charge is -2.18. The van der Waals surface area contributed by atoms with Gasteiger partial charge >= 0.3 is 0 Å². The van der Waals surface area contributed by atoms with Gasteiger partial charge in [0.1, 0.15) is 18.2 Å². The second-order valence-electron chi connectivity index (χ2n) is 9.72. The van der Waals surface area contributed by atoms with E-state index in [1.165, 1.54) is 52.4 Å². The maximum absolute atomic E-state index is 15.3. The number of nitrogens with two attached hydrogens (primary N) is 2. The molecule has 41 heavy (non-hydrogen) atoms. The molecule has 1 aliphatic carbocycles. The zero-order valence-corrected chi connectivity index (χ0v) is 21.9. The van der Waals surface area contributed by atoms with E-state index in [4.69, 9.17) is 23.1 Å². The van der Waals surface area contributed by atoms with Gasteiger partial charge in [-0.1, -0.05) is 11.6 Å². The van der Waals surface area contributed by atoms with Gasteiger partial charge in [0.15, 0.2) is 12.0 Å². The van der Waals surface area contributed by atoms with Crippen LogP contribution in [-0.2, 0) is 4.79 Å². The summed E-state index contributed by atoms with van der Waals surface area (Å²) in [5.74, 6) is -2.28. The minimum atomic E-state index is -0.762. The Balaban J connectivity index is 1.41. The zero-order chi connectivity index (χ0) is 28.8. The molecule has 12 nitrogen and oxygen atoms in total. The van der Waals surface area contributed by atoms with Crippen LogP contribution in [-0.4, -0.2) is 40.9 Å². The van der Waals surface area contributed by atoms with Crippen LogP contribution >= 0.6 is 11.6 Å². The number of anilines is 1. The molecule has 1 fully saturated rings. The van der Waals surface area contributed by atoms with Gasteiger partial charge in [0.05, 0.1) is 28.0 Å². The van der Waals surface area contributed by atoms with Crippen LogP contribution in [0.2, 0.25) is 5.02 Å². The van der Waals surface area contributed by atoms with Crippen molar-refractivity contribution in [1.29, 1.82) is 0 Å². The first-order valence-corrected chi connectivity index (χ1v) is 12.8. The maximum Gasteiger partial charge on any atom is 0.222 e. The topological polar surface area (TPSA) is 170 Å². The van der Waals surface area contributed by atoms with E-state index >= 15 is 4.39 Å². The molecule has 0 aliphatic heterocycles. The van der Waals surface area contributed by atoms with Gasteiger partial charge in [-0.25, -0.2) is 9.37 Å². The predicted octanol–water partition coefficient (Wildman–Crippen LogP) is 2.84. The molecule has 4 N–H and O–H groups in total. The summed E-state index contributed by atoms with van der Waals surface area (Å²) in [6.07, 6.45) is 6.49. The number of hydrogen-bond acceptors (Lipinski definition) is 8. The number of primary amides is 1. The summed E-state index contributed by atoms with van der Waals surface area (Å²) >= 11 is 6.07. The van der Waals surface area contributed by atoms with Crippen LogP contribution in [0.4, 0.5) is 14.6 Å². The summed E-state index contributed by atoms with van der Waals surface area (Å²) < 4.78 is 33.2. The summed E-state index contributed by atoms with van der Waals surface area (Å²) in [6.45, 7) is 0. The number of aromatic nitrogens is 8. The number of carbonyl (C=O) groups excluding carboxylic acids is 1. The van der Waals surface area contributed by atoms with Crippen molar-refractivity contribution < 1.29 is 18.3 Å². The summed E-state index contributed by atoms with van der Waals surface area (Å²) in [7, 11) is 0. The third-order valence-electron chi connectivity index (χ3n) is 7.16. The lowest BCUT2D eigenvalue weighted by atomic mass is 10.0. The first-order chi connectivity index (χ1) is 19.7. The molecule has 0 radical (unpaired) electrons. The van der Waals surface area contributed by atoms with Crippen molar-refractivity contribution >= 4 is 23.3 Å². The fourth-order valence-electron chi connectivity index (χ4n) is 4.99. The Labute approximate surface area is 235 Å². The molecule has 1 aromatic carbocycles. The second-order valence-corrected chi connectivity index (χ2v) is 10.1. The van der Waals surface area contributed by atoms with E-state index in [1.54, 1.807) is 18.3 Å². The third kappa shape index (κ3) is 4.93. The summed E-state index contributed by atoms with van der Waals surface area (Å²) in [5.41, 5.74) is 12.5. The van der Waals surface area contributed by atoms with E-state index in [1.807, 2.05) is 0 Å². The number of nitrogen functional groups attached to an aromatic ring is 1. The number of hydrogen-bond donors (Lipinski definition) is 2. The first kappa shape index (κ1) is 26.3. The van der Waals surface area contributed by atoms with Gasteiger partial charge in [-0.15, -0.1) is 5.10 Å². The molecule has 4 aromatic heterocycles. The number of carbonyl (C=O) groups is 1. The molecule has 3 unspecified atom stereocenters. The molecular formula is C26H21ClF2N10O2. The molecule has 1 aliphatic rings. The van der Waals surface area contributed by atoms with E-state index in [-0.39, 0.29) is 50.7 Å². The van der Waals surface area contributed by atoms with Crippen molar-refractivity contribution in [3.8, 4) is 27.9 Å². The standard InChI is InChI=1S/C26H21ClF2N10O2/c27-18-3-5-20(38-12-32-35-36-38)23(24(18)28)13-1-4-19(39(41)11-13)21(8-14-7-17(14)26(31)40)37-10-15(9-33-37)16-2-6-22(30)34-25(16)29/h1-6,9-12,14,17,21H,7-8H2,(H2,30,34)(H2,31,40). The SMILES string of the molecule is NC(=O)C1CC1CC(c1ccc(-c2c(-n3cnnn3)ccc(Cl)c2F)c[n+]1[O-])n1cc(-c2ccc(N)nc2F)cn1. The molecule has 4 heterocycles. The summed E-state index contributed by atoms with van der Waals surface area (Å²) in [5, 5.41) is 28.8. The number of pyridine rings is 2. The Hall–Kier alpha value is -4.98. The minimum absolute atomic E-state index is 0.0289. The van der Waals surface area contributed by atoms with Gasteiger partial charge in [-0.05, 0) is 59.5 Å². The fourth-order valence-corrected chi connectivity index (χ4v) is 5.15. The Kier molecular flexibility index (Phi) is 6.53. The number of tetrazole rings is 1. The van der Waals surface area contributed by atoms with Crippen LogP contribution in [0, 0.1) is 28.8 Å². The molecular weight excluding hydrogens is 558 g/mol. The Morgan fingerprint density at radius 1 is 1.20 bits per heavy atom. The molecule has 6 rings (SSSR count). The molecule has 15 heteroatoms. The molecule has 5 aromatic rings. The quantitative estimate of drug-likeness (QED) is 0.161. The third-order valence-corrected chi connectivity index (χ3v) is 7.45. The van der Waals surface area contributed by atoms with Crippen LogP contribution in [0.3, 0.4) is 0 Å². The lowest BCUT2D eigenvalue weighted by Crippen LogP contribution is -2.36. The number of benzene rings is 1. The average Bonchev–Trinajstić information content (AvgIpc) is 3.28. The molecule has 1 amide bonds. The van der Waals surface area contributed by atoms with E-state index in [0.717, 1.165) is 0 Å². The first-order valence-electron chi connectivity index (χ1n) is 12.4. The number of halogens is 3. The van der Waals surface area contributed by atoms with Crippen LogP contribution in [0.1, 0.15) is 24.6 Å². The molecule has 3 atom stereocenters. The Bertz CT molecular complexity index is 1780. The predicted molar refractivity (Wildman–Crippen MR) is 142 cm³/mol. The molecule has 1 saturated carbocycles. The minimum Gasteiger partial charge on any atom is -0.618 e. The Morgan fingerprint density at radius 2 is 2.02 bits per heavy atom. The van der Waals surface area contributed by atoms with Crippen LogP contribution in [0.15, 0.2) is 61.3 Å². The monoisotopic (exact) mass is 578 g/mol. The van der Waals surface area contributed by atoms with Crippen molar-refractivity contribution in [3.63, 3.8) is 0 Å². The van der Waals surface area contributed by atoms with Crippen molar-refractivity contribution in [2.45, 2.75) is 18.9 Å². The molecule has 0 bridgehead atoms. The van der Waals surface area contributed by atoms with Crippen LogP contribution in [0.25, 0.3) is 27.9 Å². The van der Waals surface area contributed by atoms with Gasteiger partial charge in [0.2, 0.25) is 17.5 Å². The van der Waals surface area contributed by atoms with Gasteiger partial charge < -0.3 is 16.7 Å². The largest absolute Gasteiger partial charge is 0.618 e. The highest BCUT2D eigenvalue weighted by Crippen LogP contribution is 2.45. The van der Waals surface area contributed by atoms with Crippen molar-refractivity contribution in [1.82, 2.24) is 35.0 Å². The average molecular weight is 579 g/mol. The highest BCUT2D eigenvalue weighted by Gasteiger charge is 2.44. The molecule has 208 valence electrons. The second kappa shape index (κ2) is 10.2. The van der Waals surface area contributed by atoms with Crippen molar-refractivity contribution in [2.24, 2.45) is 17.6 Å². The van der Waals surface area contributed by atoms with Gasteiger partial charge in [-0.3, -0.25) is 9.48 Å². The molecule has 0 saturated heterocycles. The van der Waals surface area contributed by atoms with E-state index in [0.29, 0.717) is 23.1 Å². The number of amides is 1. The van der Waals surface area contributed by atoms with Gasteiger partial charge in [0.25, 0.3) is 0 Å². The van der Waals surface area contributed by atoms with Crippen LogP contribution < -0.4 is 16.2 Å². The van der Waals surface area contributed by atoms with Gasteiger partial charge in [-0.2, -0.15) is 18.9 Å². The molecule has 0 spiro atoms. The highest BCUT2D eigenvalue weighted by atomic mass is 35.5. The van der Waals surface area contributed by atoms with E-state index < -0.39 is 23.7 Å². The zero-order valence-electron chi connectivity index (χ0n) is 21.1. The summed E-state index contributed by atoms with van der Waals surface area (Å²) in [6, 6.07) is 8.33. The van der Waals surface area contributed by atoms with E-state index in [2.05, 4.69) is 25.6 Å².